The fourth-order valence-corrected chi connectivity index (χ4v) is 2.37. The molecule has 1 rings (SSSR count). The second-order valence-corrected chi connectivity index (χ2v) is 5.29. The molecule has 0 saturated carbocycles. The van der Waals surface area contributed by atoms with E-state index in [9.17, 15) is 4.79 Å². The van der Waals surface area contributed by atoms with Gasteiger partial charge in [-0.2, -0.15) is 0 Å². The van der Waals surface area contributed by atoms with Gasteiger partial charge in [0, 0.05) is 16.7 Å². The van der Waals surface area contributed by atoms with Crippen molar-refractivity contribution in [2.75, 3.05) is 12.9 Å². The third kappa shape index (κ3) is 4.98. The van der Waals surface area contributed by atoms with Crippen molar-refractivity contribution < 1.29 is 14.6 Å². The molecule has 0 bridgehead atoms. The Bertz CT molecular complexity index is 378. The zero-order valence-electron chi connectivity index (χ0n) is 10.8. The van der Waals surface area contributed by atoms with Gasteiger partial charge in [-0.15, -0.1) is 11.8 Å². The summed E-state index contributed by atoms with van der Waals surface area (Å²) in [5.74, 6) is 0.485. The number of ether oxygens (including phenoxy) is 1. The summed E-state index contributed by atoms with van der Waals surface area (Å²) in [6.07, 6.45) is 0. The van der Waals surface area contributed by atoms with Gasteiger partial charge in [-0.3, -0.25) is 4.79 Å². The minimum absolute atomic E-state index is 0.155. The molecule has 0 aliphatic rings. The van der Waals surface area contributed by atoms with Gasteiger partial charge in [0.25, 0.3) is 0 Å². The zero-order chi connectivity index (χ0) is 13.5. The average Bonchev–Trinajstić information content (AvgIpc) is 2.34. The molecule has 0 spiro atoms. The number of aliphatic carboxylic acids is 1. The van der Waals surface area contributed by atoms with Crippen LogP contribution in [0.15, 0.2) is 29.2 Å². The van der Waals surface area contributed by atoms with Crippen LogP contribution in [0.2, 0.25) is 0 Å². The number of thioether (sulfide) groups is 1. The normalized spacial score (nSPS) is 12.4. The number of rotatable bonds is 7. The number of carbonyl (C=O) groups is 1. The lowest BCUT2D eigenvalue weighted by molar-refractivity contribution is -0.139. The van der Waals surface area contributed by atoms with Crippen LogP contribution in [-0.4, -0.2) is 36.0 Å². The first-order valence-corrected chi connectivity index (χ1v) is 6.77. The summed E-state index contributed by atoms with van der Waals surface area (Å²) in [4.78, 5) is 12.1. The second kappa shape index (κ2) is 7.28. The number of hydrogen-bond donors (Lipinski definition) is 2. The van der Waals surface area contributed by atoms with Gasteiger partial charge in [0.05, 0.1) is 7.11 Å². The van der Waals surface area contributed by atoms with Crippen LogP contribution in [0, 0.1) is 0 Å². The largest absolute Gasteiger partial charge is 0.497 e. The molecule has 1 aromatic carbocycles. The molecule has 5 heteroatoms. The molecule has 2 N–H and O–H groups in total. The maximum atomic E-state index is 11.1. The topological polar surface area (TPSA) is 58.6 Å². The Morgan fingerprint density at radius 3 is 2.44 bits per heavy atom. The predicted molar refractivity (Wildman–Crippen MR) is 73.4 cm³/mol. The Morgan fingerprint density at radius 2 is 2.00 bits per heavy atom. The maximum Gasteiger partial charge on any atom is 0.321 e. The van der Waals surface area contributed by atoms with Crippen molar-refractivity contribution in [2.24, 2.45) is 0 Å². The van der Waals surface area contributed by atoms with Crippen molar-refractivity contribution in [2.45, 2.75) is 30.8 Å². The molecule has 1 aromatic rings. The SMILES string of the molecule is COc1ccc(SCC(NC(C)C)C(=O)O)cc1. The minimum Gasteiger partial charge on any atom is -0.497 e. The number of carboxylic acids is 1. The van der Waals surface area contributed by atoms with Crippen LogP contribution in [-0.2, 0) is 4.79 Å². The van der Waals surface area contributed by atoms with Crippen LogP contribution < -0.4 is 10.1 Å². The lowest BCUT2D eigenvalue weighted by atomic mass is 10.3. The Morgan fingerprint density at radius 1 is 1.39 bits per heavy atom. The first kappa shape index (κ1) is 14.9. The molecule has 18 heavy (non-hydrogen) atoms. The van der Waals surface area contributed by atoms with Crippen molar-refractivity contribution in [1.29, 1.82) is 0 Å². The Kier molecular flexibility index (Phi) is 6.01. The van der Waals surface area contributed by atoms with Gasteiger partial charge in [0.2, 0.25) is 0 Å². The predicted octanol–water partition coefficient (Wildman–Crippen LogP) is 2.24. The Labute approximate surface area is 112 Å². The van der Waals surface area contributed by atoms with Gasteiger partial charge in [-0.25, -0.2) is 0 Å². The first-order valence-electron chi connectivity index (χ1n) is 5.78. The highest BCUT2D eigenvalue weighted by molar-refractivity contribution is 7.99. The second-order valence-electron chi connectivity index (χ2n) is 4.20. The van der Waals surface area contributed by atoms with Crippen LogP contribution in [0.25, 0.3) is 0 Å². The highest BCUT2D eigenvalue weighted by Crippen LogP contribution is 2.22. The van der Waals surface area contributed by atoms with Crippen molar-refractivity contribution in [3.05, 3.63) is 24.3 Å². The lowest BCUT2D eigenvalue weighted by Crippen LogP contribution is -2.42. The van der Waals surface area contributed by atoms with E-state index < -0.39 is 12.0 Å². The van der Waals surface area contributed by atoms with Gasteiger partial charge in [-0.1, -0.05) is 13.8 Å². The van der Waals surface area contributed by atoms with Gasteiger partial charge < -0.3 is 15.2 Å². The van der Waals surface area contributed by atoms with E-state index in [4.69, 9.17) is 9.84 Å². The number of carboxylic acid groups (broad SMARTS) is 1. The molecular weight excluding hydrogens is 250 g/mol. The third-order valence-electron chi connectivity index (χ3n) is 2.31. The molecule has 0 fully saturated rings. The van der Waals surface area contributed by atoms with E-state index in [0.29, 0.717) is 5.75 Å². The molecule has 0 aliphatic carbocycles. The Balaban J connectivity index is 2.52. The van der Waals surface area contributed by atoms with E-state index in [-0.39, 0.29) is 6.04 Å². The van der Waals surface area contributed by atoms with Crippen molar-refractivity contribution in [1.82, 2.24) is 5.32 Å². The first-order chi connectivity index (χ1) is 8.52. The molecule has 100 valence electrons. The average molecular weight is 269 g/mol. The van der Waals surface area contributed by atoms with Gasteiger partial charge in [0.1, 0.15) is 11.8 Å². The van der Waals surface area contributed by atoms with Gasteiger partial charge >= 0.3 is 5.97 Å². The van der Waals surface area contributed by atoms with Crippen LogP contribution in [0.5, 0.6) is 5.75 Å². The molecule has 0 aliphatic heterocycles. The van der Waals surface area contributed by atoms with Crippen LogP contribution >= 0.6 is 11.8 Å². The number of methoxy groups -OCH3 is 1. The van der Waals surface area contributed by atoms with E-state index in [1.54, 1.807) is 7.11 Å². The molecule has 4 nitrogen and oxygen atoms in total. The number of hydrogen-bond acceptors (Lipinski definition) is 4. The standard InChI is InChI=1S/C13H19NO3S/c1-9(2)14-12(13(15)16)8-18-11-6-4-10(17-3)5-7-11/h4-7,9,12,14H,8H2,1-3H3,(H,15,16). The smallest absolute Gasteiger partial charge is 0.321 e. The molecule has 0 saturated heterocycles. The highest BCUT2D eigenvalue weighted by atomic mass is 32.2. The molecular formula is C13H19NO3S. The summed E-state index contributed by atoms with van der Waals surface area (Å²) < 4.78 is 5.07. The fraction of sp³-hybridized carbons (Fsp3) is 0.462. The summed E-state index contributed by atoms with van der Waals surface area (Å²) in [5, 5.41) is 12.1. The third-order valence-corrected chi connectivity index (χ3v) is 3.41. The molecule has 0 aromatic heterocycles. The molecule has 1 atom stereocenters. The lowest BCUT2D eigenvalue weighted by Gasteiger charge is -2.16. The summed E-state index contributed by atoms with van der Waals surface area (Å²) >= 11 is 1.52. The molecule has 0 amide bonds. The van der Waals surface area contributed by atoms with E-state index in [0.717, 1.165) is 10.6 Å². The van der Waals surface area contributed by atoms with Crippen LogP contribution in [0.3, 0.4) is 0 Å². The van der Waals surface area contributed by atoms with Crippen molar-refractivity contribution >= 4 is 17.7 Å². The number of nitrogens with one attached hydrogen (secondary N) is 1. The van der Waals surface area contributed by atoms with Gasteiger partial charge in [0.15, 0.2) is 0 Å². The number of benzene rings is 1. The summed E-state index contributed by atoms with van der Waals surface area (Å²) in [7, 11) is 1.62. The van der Waals surface area contributed by atoms with Crippen LogP contribution in [0.1, 0.15) is 13.8 Å². The quantitative estimate of drug-likeness (QED) is 0.743. The van der Waals surface area contributed by atoms with Crippen molar-refractivity contribution in [3.63, 3.8) is 0 Å². The minimum atomic E-state index is -0.815. The summed E-state index contributed by atoms with van der Waals surface area (Å²) in [6, 6.07) is 7.22. The zero-order valence-corrected chi connectivity index (χ0v) is 11.7. The molecule has 0 heterocycles. The summed E-state index contributed by atoms with van der Waals surface area (Å²) in [6.45, 7) is 3.88. The fourth-order valence-electron chi connectivity index (χ4n) is 1.44. The van der Waals surface area contributed by atoms with Gasteiger partial charge in [-0.05, 0) is 24.3 Å². The Hall–Kier alpha value is -1.20. The van der Waals surface area contributed by atoms with E-state index in [1.165, 1.54) is 11.8 Å². The molecule has 1 unspecified atom stereocenters. The maximum absolute atomic E-state index is 11.1. The van der Waals surface area contributed by atoms with Crippen molar-refractivity contribution in [3.8, 4) is 5.75 Å². The van der Waals surface area contributed by atoms with E-state index >= 15 is 0 Å². The monoisotopic (exact) mass is 269 g/mol. The highest BCUT2D eigenvalue weighted by Gasteiger charge is 2.18. The molecule has 0 radical (unpaired) electrons. The van der Waals surface area contributed by atoms with E-state index in [1.807, 2.05) is 38.1 Å². The van der Waals surface area contributed by atoms with E-state index in [2.05, 4.69) is 5.32 Å². The summed E-state index contributed by atoms with van der Waals surface area (Å²) in [5.41, 5.74) is 0. The van der Waals surface area contributed by atoms with Crippen LogP contribution in [0.4, 0.5) is 0 Å².